The monoisotopic (exact) mass is 407 g/mol. The van der Waals surface area contributed by atoms with Crippen molar-refractivity contribution in [3.05, 3.63) is 57.3 Å². The van der Waals surface area contributed by atoms with Crippen molar-refractivity contribution >= 4 is 56.1 Å². The standard InChI is InChI=1S/C21H18ClN5S/c1-12-6-7-13-9-14(19(22)26-16(13)8-12)10-25-27-20-18-15-4-2-3-5-17(15)28-21(18)24-11-23-20/h6-11H,2-5H2,1H3,(H,23,24,27). The maximum absolute atomic E-state index is 6.36. The van der Waals surface area contributed by atoms with Crippen LogP contribution in [-0.4, -0.2) is 21.2 Å². The maximum Gasteiger partial charge on any atom is 0.158 e. The summed E-state index contributed by atoms with van der Waals surface area (Å²) in [5.74, 6) is 0.751. The van der Waals surface area contributed by atoms with Crippen LogP contribution >= 0.6 is 22.9 Å². The number of anilines is 1. The van der Waals surface area contributed by atoms with Crippen LogP contribution in [0.1, 0.15) is 34.4 Å². The molecule has 0 fully saturated rings. The lowest BCUT2D eigenvalue weighted by atomic mass is 9.97. The SMILES string of the molecule is Cc1ccc2cc(C=NNc3ncnc4sc5c(c34)CCCC5)c(Cl)nc2c1. The van der Waals surface area contributed by atoms with Gasteiger partial charge in [-0.25, -0.2) is 15.0 Å². The largest absolute Gasteiger partial charge is 0.261 e. The van der Waals surface area contributed by atoms with E-state index in [4.69, 9.17) is 11.6 Å². The number of fused-ring (bicyclic) bond motifs is 4. The minimum Gasteiger partial charge on any atom is -0.261 e. The van der Waals surface area contributed by atoms with Crippen molar-refractivity contribution in [3.63, 3.8) is 0 Å². The van der Waals surface area contributed by atoms with E-state index in [1.807, 2.05) is 25.1 Å². The lowest BCUT2D eigenvalue weighted by Crippen LogP contribution is -2.01. The van der Waals surface area contributed by atoms with Crippen molar-refractivity contribution in [2.45, 2.75) is 32.6 Å². The Morgan fingerprint density at radius 3 is 3.00 bits per heavy atom. The number of aryl methyl sites for hydroxylation is 3. The molecule has 0 unspecified atom stereocenters. The van der Waals surface area contributed by atoms with Crippen molar-refractivity contribution < 1.29 is 0 Å². The number of hydrazone groups is 1. The summed E-state index contributed by atoms with van der Waals surface area (Å²) < 4.78 is 0. The van der Waals surface area contributed by atoms with E-state index in [9.17, 15) is 0 Å². The van der Waals surface area contributed by atoms with Gasteiger partial charge >= 0.3 is 0 Å². The van der Waals surface area contributed by atoms with Crippen molar-refractivity contribution in [1.82, 2.24) is 15.0 Å². The summed E-state index contributed by atoms with van der Waals surface area (Å²) in [6.07, 6.45) is 7.98. The quantitative estimate of drug-likeness (QED) is 0.275. The number of hydrogen-bond acceptors (Lipinski definition) is 6. The smallest absolute Gasteiger partial charge is 0.158 e. The Bertz CT molecular complexity index is 1230. The van der Waals surface area contributed by atoms with E-state index in [2.05, 4.69) is 31.5 Å². The van der Waals surface area contributed by atoms with Gasteiger partial charge in [0.2, 0.25) is 0 Å². The highest BCUT2D eigenvalue weighted by Crippen LogP contribution is 2.38. The molecule has 0 bridgehead atoms. The topological polar surface area (TPSA) is 63.1 Å². The maximum atomic E-state index is 6.36. The summed E-state index contributed by atoms with van der Waals surface area (Å²) in [6.45, 7) is 2.04. The van der Waals surface area contributed by atoms with Crippen molar-refractivity contribution in [2.75, 3.05) is 5.43 Å². The van der Waals surface area contributed by atoms with Crippen LogP contribution in [0.3, 0.4) is 0 Å². The van der Waals surface area contributed by atoms with Crippen LogP contribution in [0, 0.1) is 6.92 Å². The summed E-state index contributed by atoms with van der Waals surface area (Å²) >= 11 is 8.13. The van der Waals surface area contributed by atoms with Crippen LogP contribution in [0.25, 0.3) is 21.1 Å². The van der Waals surface area contributed by atoms with E-state index < -0.39 is 0 Å². The van der Waals surface area contributed by atoms with Gasteiger partial charge in [0.25, 0.3) is 0 Å². The molecule has 1 N–H and O–H groups in total. The minimum absolute atomic E-state index is 0.435. The zero-order chi connectivity index (χ0) is 19.1. The number of pyridine rings is 1. The van der Waals surface area contributed by atoms with Gasteiger partial charge in [0.15, 0.2) is 5.82 Å². The molecule has 0 radical (unpaired) electrons. The third-order valence-corrected chi connectivity index (χ3v) is 6.58. The summed E-state index contributed by atoms with van der Waals surface area (Å²) in [5.41, 5.74) is 7.29. The molecule has 7 heteroatoms. The van der Waals surface area contributed by atoms with Gasteiger partial charge in [-0.15, -0.1) is 11.3 Å². The molecule has 5 nitrogen and oxygen atoms in total. The number of hydrogen-bond donors (Lipinski definition) is 1. The number of aromatic nitrogens is 3. The molecule has 0 spiro atoms. The molecule has 140 valence electrons. The molecule has 0 aliphatic heterocycles. The van der Waals surface area contributed by atoms with Gasteiger partial charge in [0.05, 0.1) is 17.1 Å². The number of benzene rings is 1. The average molecular weight is 408 g/mol. The van der Waals surface area contributed by atoms with E-state index in [0.717, 1.165) is 50.9 Å². The second kappa shape index (κ2) is 7.11. The lowest BCUT2D eigenvalue weighted by molar-refractivity contribution is 0.700. The minimum atomic E-state index is 0.435. The molecule has 5 rings (SSSR count). The first kappa shape index (κ1) is 17.5. The van der Waals surface area contributed by atoms with Crippen LogP contribution in [-0.2, 0) is 12.8 Å². The molecular formula is C21H18ClN5S. The Morgan fingerprint density at radius 1 is 1.18 bits per heavy atom. The highest BCUT2D eigenvalue weighted by molar-refractivity contribution is 7.19. The third kappa shape index (κ3) is 3.12. The first-order chi connectivity index (χ1) is 13.7. The van der Waals surface area contributed by atoms with Crippen molar-refractivity contribution in [3.8, 4) is 0 Å². The second-order valence-corrected chi connectivity index (χ2v) is 8.49. The highest BCUT2D eigenvalue weighted by atomic mass is 35.5. The Kier molecular flexibility index (Phi) is 4.45. The second-order valence-electron chi connectivity index (χ2n) is 7.05. The molecular weight excluding hydrogens is 390 g/mol. The Hall–Kier alpha value is -2.57. The molecule has 0 amide bonds. The van der Waals surface area contributed by atoms with Crippen LogP contribution in [0.2, 0.25) is 5.15 Å². The molecule has 28 heavy (non-hydrogen) atoms. The highest BCUT2D eigenvalue weighted by Gasteiger charge is 2.19. The Morgan fingerprint density at radius 2 is 2.07 bits per heavy atom. The van der Waals surface area contributed by atoms with Gasteiger partial charge in [-0.05, 0) is 55.9 Å². The molecule has 3 aromatic heterocycles. The van der Waals surface area contributed by atoms with E-state index in [0.29, 0.717) is 5.15 Å². The molecule has 1 aromatic carbocycles. The Labute approximate surface area is 171 Å². The van der Waals surface area contributed by atoms with Crippen LogP contribution in [0.4, 0.5) is 5.82 Å². The number of halogens is 1. The zero-order valence-electron chi connectivity index (χ0n) is 15.4. The summed E-state index contributed by atoms with van der Waals surface area (Å²) in [4.78, 5) is 15.8. The fraction of sp³-hybridized carbons (Fsp3) is 0.238. The fourth-order valence-electron chi connectivity index (χ4n) is 3.70. The predicted octanol–water partition coefficient (Wildman–Crippen LogP) is 5.53. The molecule has 1 aliphatic rings. The van der Waals surface area contributed by atoms with E-state index >= 15 is 0 Å². The molecule has 0 saturated carbocycles. The fourth-order valence-corrected chi connectivity index (χ4v) is 5.12. The van der Waals surface area contributed by atoms with Gasteiger partial charge in [0, 0.05) is 15.8 Å². The van der Waals surface area contributed by atoms with E-state index in [1.54, 1.807) is 23.9 Å². The van der Waals surface area contributed by atoms with Gasteiger partial charge in [-0.1, -0.05) is 23.7 Å². The van der Waals surface area contributed by atoms with Crippen LogP contribution in [0.5, 0.6) is 0 Å². The van der Waals surface area contributed by atoms with Crippen molar-refractivity contribution in [2.24, 2.45) is 5.10 Å². The summed E-state index contributed by atoms with van der Waals surface area (Å²) in [6, 6.07) is 8.13. The lowest BCUT2D eigenvalue weighted by Gasteiger charge is -2.11. The van der Waals surface area contributed by atoms with Crippen LogP contribution < -0.4 is 5.43 Å². The van der Waals surface area contributed by atoms with Gasteiger partial charge in [-0.2, -0.15) is 5.10 Å². The first-order valence-corrected chi connectivity index (χ1v) is 10.5. The zero-order valence-corrected chi connectivity index (χ0v) is 16.9. The Balaban J connectivity index is 1.47. The van der Waals surface area contributed by atoms with Gasteiger partial charge < -0.3 is 0 Å². The molecule has 3 heterocycles. The summed E-state index contributed by atoms with van der Waals surface area (Å²) in [5, 5.41) is 6.97. The molecule has 4 aromatic rings. The number of nitrogens with zero attached hydrogens (tertiary/aromatic N) is 4. The van der Waals surface area contributed by atoms with Crippen molar-refractivity contribution in [1.29, 1.82) is 0 Å². The molecule has 0 atom stereocenters. The number of thiophene rings is 1. The number of rotatable bonds is 3. The van der Waals surface area contributed by atoms with Gasteiger partial charge in [0.1, 0.15) is 16.3 Å². The summed E-state index contributed by atoms with van der Waals surface area (Å²) in [7, 11) is 0. The van der Waals surface area contributed by atoms with E-state index in [-0.39, 0.29) is 0 Å². The average Bonchev–Trinajstić information content (AvgIpc) is 3.08. The number of nitrogens with one attached hydrogen (secondary N) is 1. The van der Waals surface area contributed by atoms with Crippen LogP contribution in [0.15, 0.2) is 35.7 Å². The normalized spacial score (nSPS) is 14.1. The molecule has 1 aliphatic carbocycles. The predicted molar refractivity (Wildman–Crippen MR) is 117 cm³/mol. The first-order valence-electron chi connectivity index (χ1n) is 9.30. The van der Waals surface area contributed by atoms with Gasteiger partial charge in [-0.3, -0.25) is 5.43 Å². The van der Waals surface area contributed by atoms with E-state index in [1.165, 1.54) is 23.3 Å². The molecule has 0 saturated heterocycles. The third-order valence-electron chi connectivity index (χ3n) is 5.08.